The number of hydrogen-bond donors (Lipinski definition) is 2. The Morgan fingerprint density at radius 2 is 2.00 bits per heavy atom. The van der Waals surface area contributed by atoms with Crippen LogP contribution in [-0.2, 0) is 9.84 Å². The number of aliphatic hydroxyl groups is 1. The van der Waals surface area contributed by atoms with Crippen molar-refractivity contribution in [3.63, 3.8) is 0 Å². The van der Waals surface area contributed by atoms with Gasteiger partial charge in [0.25, 0.3) is 0 Å². The number of piperidine rings is 1. The lowest BCUT2D eigenvalue weighted by Gasteiger charge is -2.48. The summed E-state index contributed by atoms with van der Waals surface area (Å²) >= 11 is 0. The van der Waals surface area contributed by atoms with E-state index in [1.165, 1.54) is 6.26 Å². The summed E-state index contributed by atoms with van der Waals surface area (Å²) in [5.74, 6) is 1.61. The number of hydrogen-bond acceptors (Lipinski definition) is 9. The molecule has 0 bridgehead atoms. The third-order valence-electron chi connectivity index (χ3n) is 7.64. The van der Waals surface area contributed by atoms with Crippen molar-refractivity contribution in [3.8, 4) is 0 Å². The van der Waals surface area contributed by atoms with Crippen LogP contribution in [-0.4, -0.2) is 78.4 Å². The molecule has 2 saturated heterocycles. The minimum Gasteiger partial charge on any atom is -0.390 e. The second-order valence-electron chi connectivity index (χ2n) is 10.9. The summed E-state index contributed by atoms with van der Waals surface area (Å²) in [5, 5.41) is 13.9. The van der Waals surface area contributed by atoms with Crippen LogP contribution in [0.1, 0.15) is 38.7 Å². The predicted molar refractivity (Wildman–Crippen MR) is 149 cm³/mol. The lowest BCUT2D eigenvalue weighted by Crippen LogP contribution is -2.57. The zero-order valence-electron chi connectivity index (χ0n) is 22.2. The van der Waals surface area contributed by atoms with E-state index in [4.69, 9.17) is 4.98 Å². The Bertz CT molecular complexity index is 1440. The van der Waals surface area contributed by atoms with E-state index in [9.17, 15) is 17.9 Å². The van der Waals surface area contributed by atoms with Gasteiger partial charge in [-0.25, -0.2) is 27.8 Å². The number of anilines is 4. The van der Waals surface area contributed by atoms with Gasteiger partial charge in [0.15, 0.2) is 0 Å². The molecule has 2 aromatic heterocycles. The molecule has 2 N–H and O–H groups in total. The van der Waals surface area contributed by atoms with Crippen molar-refractivity contribution < 1.29 is 17.9 Å². The Kier molecular flexibility index (Phi) is 7.17. The summed E-state index contributed by atoms with van der Waals surface area (Å²) in [5.41, 5.74) is 3.70. The molecule has 3 aromatic rings. The van der Waals surface area contributed by atoms with Crippen molar-refractivity contribution in [2.75, 3.05) is 46.8 Å². The molecule has 1 aromatic carbocycles. The van der Waals surface area contributed by atoms with Crippen molar-refractivity contribution in [2.45, 2.75) is 51.4 Å². The van der Waals surface area contributed by atoms with Crippen LogP contribution >= 0.6 is 0 Å². The van der Waals surface area contributed by atoms with Gasteiger partial charge in [0.05, 0.1) is 23.9 Å². The number of benzene rings is 1. The van der Waals surface area contributed by atoms with Crippen LogP contribution in [0.3, 0.4) is 0 Å². The zero-order valence-corrected chi connectivity index (χ0v) is 23.0. The summed E-state index contributed by atoms with van der Waals surface area (Å²) in [4.78, 5) is 17.9. The molecule has 9 nitrogen and oxygen atoms in total. The molecule has 2 aliphatic rings. The normalized spacial score (nSPS) is 24.1. The Balaban J connectivity index is 1.41. The van der Waals surface area contributed by atoms with E-state index in [2.05, 4.69) is 53.1 Å². The van der Waals surface area contributed by atoms with Crippen LogP contribution in [0.2, 0.25) is 0 Å². The van der Waals surface area contributed by atoms with Crippen molar-refractivity contribution in [2.24, 2.45) is 5.92 Å². The molecule has 11 heteroatoms. The maximum Gasteiger partial charge on any atom is 0.227 e. The van der Waals surface area contributed by atoms with Gasteiger partial charge < -0.3 is 20.2 Å². The molecule has 204 valence electrons. The number of nitrogens with one attached hydrogen (secondary N) is 1. The monoisotopic (exact) mass is 542 g/mol. The van der Waals surface area contributed by atoms with Crippen molar-refractivity contribution in [3.05, 3.63) is 42.2 Å². The molecular weight excluding hydrogens is 507 g/mol. The first-order chi connectivity index (χ1) is 18.0. The Labute approximate surface area is 223 Å². The van der Waals surface area contributed by atoms with Gasteiger partial charge in [-0.05, 0) is 37.0 Å². The van der Waals surface area contributed by atoms with Crippen LogP contribution in [0.4, 0.5) is 27.5 Å². The first-order valence-electron chi connectivity index (χ1n) is 13.0. The Hall–Kier alpha value is -3.05. The van der Waals surface area contributed by atoms with Crippen molar-refractivity contribution in [1.29, 1.82) is 0 Å². The third kappa shape index (κ3) is 5.40. The Morgan fingerprint density at radius 1 is 1.21 bits per heavy atom. The number of aliphatic hydroxyl groups excluding tert-OH is 1. The van der Waals surface area contributed by atoms with E-state index in [-0.39, 0.29) is 30.2 Å². The second kappa shape index (κ2) is 10.3. The number of rotatable bonds is 7. The number of halogens is 1. The number of alkyl halides is 1. The largest absolute Gasteiger partial charge is 0.390 e. The number of nitrogens with zero attached hydrogens (tertiary/aromatic N) is 5. The summed E-state index contributed by atoms with van der Waals surface area (Å²) in [6.07, 6.45) is 2.91. The molecule has 5 rings (SSSR count). The van der Waals surface area contributed by atoms with Crippen LogP contribution in [0, 0.1) is 5.92 Å². The van der Waals surface area contributed by atoms with Crippen LogP contribution in [0.15, 0.2) is 36.7 Å². The topological polar surface area (TPSA) is 112 Å². The summed E-state index contributed by atoms with van der Waals surface area (Å²) in [7, 11) is -3.03. The van der Waals surface area contributed by atoms with Gasteiger partial charge in [-0.2, -0.15) is 0 Å². The molecule has 4 atom stereocenters. The summed E-state index contributed by atoms with van der Waals surface area (Å²) in [6.45, 7) is 7.63. The van der Waals surface area contributed by atoms with Crippen LogP contribution in [0.25, 0.3) is 10.9 Å². The van der Waals surface area contributed by atoms with E-state index < -0.39 is 22.1 Å². The SMILES string of the molecule is CC(C)c1ccc(N2C[C@H](CS(C)(=O)=O)[C@H]2C)c2cnc(Nc3ccnc(N4CC[C@@H](O)[C@@H](F)C4)c3)nc12. The lowest BCUT2D eigenvalue weighted by molar-refractivity contribution is 0.0614. The van der Waals surface area contributed by atoms with E-state index in [0.29, 0.717) is 31.3 Å². The van der Waals surface area contributed by atoms with Crippen LogP contribution in [0.5, 0.6) is 0 Å². The fourth-order valence-electron chi connectivity index (χ4n) is 5.39. The summed E-state index contributed by atoms with van der Waals surface area (Å²) < 4.78 is 37.7. The zero-order chi connectivity index (χ0) is 27.2. The maximum atomic E-state index is 14.1. The van der Waals surface area contributed by atoms with Gasteiger partial charge in [0.1, 0.15) is 21.8 Å². The number of aromatic nitrogens is 3. The van der Waals surface area contributed by atoms with Gasteiger partial charge in [0.2, 0.25) is 5.95 Å². The molecule has 2 aliphatic heterocycles. The minimum atomic E-state index is -3.03. The standard InChI is InChI=1S/C27H35FN6O3S/c1-16(2)20-5-6-23(34-13-18(17(34)3)15-38(4,36)37)21-12-30-27(32-26(20)21)31-19-7-9-29-25(11-19)33-10-8-24(35)22(28)14-33/h5-7,9,11-12,16-18,22,24,35H,8,10,13-15H2,1-4H3,(H,29,30,31,32)/t17-,18-,22+,24-/m1/s1. The fraction of sp³-hybridized carbons (Fsp3) is 0.519. The number of pyridine rings is 1. The molecule has 38 heavy (non-hydrogen) atoms. The fourth-order valence-corrected chi connectivity index (χ4v) is 6.55. The highest BCUT2D eigenvalue weighted by Crippen LogP contribution is 2.38. The number of fused-ring (bicyclic) bond motifs is 1. The molecule has 0 amide bonds. The van der Waals surface area contributed by atoms with Gasteiger partial charge in [0, 0.05) is 66.5 Å². The minimum absolute atomic E-state index is 0.100. The van der Waals surface area contributed by atoms with E-state index >= 15 is 0 Å². The highest BCUT2D eigenvalue weighted by Gasteiger charge is 2.38. The molecule has 2 fully saturated rings. The highest BCUT2D eigenvalue weighted by atomic mass is 32.2. The van der Waals surface area contributed by atoms with Crippen molar-refractivity contribution in [1.82, 2.24) is 15.0 Å². The molecule has 4 heterocycles. The molecular formula is C27H35FN6O3S. The smallest absolute Gasteiger partial charge is 0.227 e. The van der Waals surface area contributed by atoms with Gasteiger partial charge >= 0.3 is 0 Å². The van der Waals surface area contributed by atoms with Gasteiger partial charge in [-0.15, -0.1) is 0 Å². The Morgan fingerprint density at radius 3 is 2.68 bits per heavy atom. The first kappa shape index (κ1) is 26.6. The van der Waals surface area contributed by atoms with E-state index in [1.807, 2.05) is 23.2 Å². The summed E-state index contributed by atoms with van der Waals surface area (Å²) in [6, 6.07) is 7.93. The highest BCUT2D eigenvalue weighted by molar-refractivity contribution is 7.90. The average Bonchev–Trinajstić information content (AvgIpc) is 2.86. The molecule has 0 radical (unpaired) electrons. The molecule has 0 aliphatic carbocycles. The van der Waals surface area contributed by atoms with E-state index in [1.54, 1.807) is 6.20 Å². The molecule has 0 saturated carbocycles. The first-order valence-corrected chi connectivity index (χ1v) is 15.1. The van der Waals surface area contributed by atoms with Gasteiger partial charge in [-0.1, -0.05) is 19.9 Å². The molecule has 0 spiro atoms. The lowest BCUT2D eigenvalue weighted by atomic mass is 9.89. The molecule has 0 unspecified atom stereocenters. The predicted octanol–water partition coefficient (Wildman–Crippen LogP) is 3.67. The van der Waals surface area contributed by atoms with Gasteiger partial charge in [-0.3, -0.25) is 0 Å². The third-order valence-corrected chi connectivity index (χ3v) is 8.68. The quantitative estimate of drug-likeness (QED) is 0.462. The second-order valence-corrected chi connectivity index (χ2v) is 13.1. The maximum absolute atomic E-state index is 14.1. The van der Waals surface area contributed by atoms with E-state index in [0.717, 1.165) is 27.8 Å². The van der Waals surface area contributed by atoms with Crippen molar-refractivity contribution >= 4 is 43.9 Å². The average molecular weight is 543 g/mol. The number of sulfone groups is 1. The van der Waals surface area contributed by atoms with Crippen LogP contribution < -0.4 is 15.1 Å².